The average Bonchev–Trinajstić information content (AvgIpc) is 3.23. The first-order valence-electron chi connectivity index (χ1n) is 25.3. The molecule has 0 aliphatic heterocycles. The van der Waals surface area contributed by atoms with Crippen LogP contribution in [0.5, 0.6) is 0 Å². The highest BCUT2D eigenvalue weighted by molar-refractivity contribution is 7.45. The molecule has 10 heteroatoms. The zero-order chi connectivity index (χ0) is 45.7. The van der Waals surface area contributed by atoms with Crippen LogP contribution in [0.1, 0.15) is 219 Å². The highest BCUT2D eigenvalue weighted by atomic mass is 31.2. The first-order valence-corrected chi connectivity index (χ1v) is 26.8. The molecule has 0 aromatic carbocycles. The van der Waals surface area contributed by atoms with Crippen molar-refractivity contribution in [2.45, 2.75) is 225 Å². The molecule has 0 saturated heterocycles. The molecule has 0 N–H and O–H groups in total. The van der Waals surface area contributed by atoms with E-state index in [9.17, 15) is 19.0 Å². The fourth-order valence-electron chi connectivity index (χ4n) is 6.88. The van der Waals surface area contributed by atoms with Crippen molar-refractivity contribution in [3.8, 4) is 0 Å². The number of carbonyl (C=O) groups is 2. The van der Waals surface area contributed by atoms with Crippen molar-refractivity contribution in [3.63, 3.8) is 0 Å². The summed E-state index contributed by atoms with van der Waals surface area (Å²) in [5, 5.41) is 0. The largest absolute Gasteiger partial charge is 0.756 e. The number of carbonyl (C=O) groups excluding carboxylic acids is 2. The molecule has 0 spiro atoms. The summed E-state index contributed by atoms with van der Waals surface area (Å²) in [6.07, 6.45) is 52.9. The zero-order valence-electron chi connectivity index (χ0n) is 40.8. The number of esters is 2. The normalized spacial score (nSPS) is 13.8. The smallest absolute Gasteiger partial charge is 0.306 e. The predicted molar refractivity (Wildman–Crippen MR) is 259 cm³/mol. The van der Waals surface area contributed by atoms with Gasteiger partial charge in [0.05, 0.1) is 27.7 Å². The van der Waals surface area contributed by atoms with Crippen LogP contribution in [-0.2, 0) is 32.7 Å². The van der Waals surface area contributed by atoms with Crippen LogP contribution in [-0.4, -0.2) is 70.0 Å². The summed E-state index contributed by atoms with van der Waals surface area (Å²) >= 11 is 0. The molecule has 0 aromatic rings. The van der Waals surface area contributed by atoms with Crippen LogP contribution in [0.3, 0.4) is 0 Å². The van der Waals surface area contributed by atoms with Crippen molar-refractivity contribution in [2.75, 3.05) is 47.5 Å². The number of rotatable bonds is 46. The molecule has 0 aliphatic carbocycles. The molecule has 0 aromatic heterocycles. The number of phosphoric ester groups is 1. The zero-order valence-corrected chi connectivity index (χ0v) is 41.7. The molecule has 0 bridgehead atoms. The van der Waals surface area contributed by atoms with Crippen LogP contribution in [0.15, 0.2) is 48.6 Å². The lowest BCUT2D eigenvalue weighted by atomic mass is 10.0. The van der Waals surface area contributed by atoms with Gasteiger partial charge in [0.15, 0.2) is 6.10 Å². The summed E-state index contributed by atoms with van der Waals surface area (Å²) in [4.78, 5) is 37.7. The molecule has 2 atom stereocenters. The SMILES string of the molecule is CCCCC/C=C/C/C=C/C/C=C/C/C=C/CCCC(=O)OC[C@H](COP(=O)([O-])OCC[N+](C)(C)C)OC(=O)CCCCCCCCCCCCCCCCCCCCCCC. The van der Waals surface area contributed by atoms with Gasteiger partial charge in [-0.3, -0.25) is 14.2 Å². The highest BCUT2D eigenvalue weighted by Crippen LogP contribution is 2.38. The Bertz CT molecular complexity index is 1190. The lowest BCUT2D eigenvalue weighted by molar-refractivity contribution is -0.870. The molecule has 0 rings (SSSR count). The Morgan fingerprint density at radius 2 is 0.887 bits per heavy atom. The first kappa shape index (κ1) is 60.0. The monoisotopic (exact) mass is 894 g/mol. The van der Waals surface area contributed by atoms with E-state index in [-0.39, 0.29) is 26.1 Å². The fourth-order valence-corrected chi connectivity index (χ4v) is 7.61. The second-order valence-electron chi connectivity index (χ2n) is 18.2. The molecule has 0 amide bonds. The predicted octanol–water partition coefficient (Wildman–Crippen LogP) is 14.4. The lowest BCUT2D eigenvalue weighted by Gasteiger charge is -2.28. The Morgan fingerprint density at radius 3 is 1.34 bits per heavy atom. The topological polar surface area (TPSA) is 111 Å². The maximum absolute atomic E-state index is 12.7. The van der Waals surface area contributed by atoms with Gasteiger partial charge in [-0.25, -0.2) is 0 Å². The van der Waals surface area contributed by atoms with Crippen LogP contribution in [0.4, 0.5) is 0 Å². The van der Waals surface area contributed by atoms with E-state index >= 15 is 0 Å². The average molecular weight is 894 g/mol. The van der Waals surface area contributed by atoms with Gasteiger partial charge in [0, 0.05) is 12.8 Å². The number of quaternary nitrogens is 1. The number of unbranched alkanes of at least 4 members (excludes halogenated alkanes) is 24. The molecule has 0 radical (unpaired) electrons. The Morgan fingerprint density at radius 1 is 0.500 bits per heavy atom. The number of likely N-dealkylation sites (N-methyl/N-ethyl adjacent to an activating group) is 1. The summed E-state index contributed by atoms with van der Waals surface area (Å²) in [5.74, 6) is -0.893. The number of nitrogens with zero attached hydrogens (tertiary/aromatic N) is 1. The molecule has 0 heterocycles. The van der Waals surface area contributed by atoms with Crippen molar-refractivity contribution in [1.82, 2.24) is 0 Å². The molecular weight excluding hydrogens is 798 g/mol. The van der Waals surface area contributed by atoms with Gasteiger partial charge in [0.2, 0.25) is 0 Å². The number of allylic oxidation sites excluding steroid dienone is 8. The Labute approximate surface area is 382 Å². The standard InChI is InChI=1S/C52H96NO8P/c1-6-8-10-12-14-16-18-20-22-24-25-26-27-29-31-33-35-37-39-41-43-45-52(55)61-50(49-60-62(56,57)59-47-46-53(3,4)5)48-58-51(54)44-42-40-38-36-34-32-30-28-23-21-19-17-15-13-11-9-7-2/h15,17,21,23,30,32,36,38,50H,6-14,16,18-20,22,24-29,31,33-35,37,39-49H2,1-5H3/b17-15+,23-21+,32-30+,38-36+/t50-/m1/s1. The van der Waals surface area contributed by atoms with E-state index in [0.717, 1.165) is 44.9 Å². The van der Waals surface area contributed by atoms with E-state index in [4.69, 9.17) is 18.5 Å². The first-order chi connectivity index (χ1) is 30.0. The van der Waals surface area contributed by atoms with E-state index in [1.54, 1.807) is 0 Å². The van der Waals surface area contributed by atoms with Crippen LogP contribution >= 0.6 is 7.82 Å². The Kier molecular flexibility index (Phi) is 42.7. The van der Waals surface area contributed by atoms with Crippen LogP contribution in [0, 0.1) is 0 Å². The third kappa shape index (κ3) is 47.4. The number of ether oxygens (including phenoxy) is 2. The third-order valence-electron chi connectivity index (χ3n) is 10.9. The van der Waals surface area contributed by atoms with Crippen molar-refractivity contribution < 1.29 is 42.1 Å². The highest BCUT2D eigenvalue weighted by Gasteiger charge is 2.21. The minimum Gasteiger partial charge on any atom is -0.756 e. The third-order valence-corrected chi connectivity index (χ3v) is 11.8. The van der Waals surface area contributed by atoms with Gasteiger partial charge in [0.25, 0.3) is 7.82 Å². The molecule has 0 aliphatic rings. The van der Waals surface area contributed by atoms with E-state index in [2.05, 4.69) is 62.5 Å². The van der Waals surface area contributed by atoms with E-state index in [0.29, 0.717) is 23.9 Å². The van der Waals surface area contributed by atoms with E-state index in [1.807, 2.05) is 21.1 Å². The second-order valence-corrected chi connectivity index (χ2v) is 19.6. The number of hydrogen-bond acceptors (Lipinski definition) is 8. The van der Waals surface area contributed by atoms with E-state index in [1.165, 1.54) is 135 Å². The maximum atomic E-state index is 12.7. The number of phosphoric acid groups is 1. The summed E-state index contributed by atoms with van der Waals surface area (Å²) in [6, 6.07) is 0. The van der Waals surface area contributed by atoms with Crippen molar-refractivity contribution in [2.24, 2.45) is 0 Å². The molecule has 1 unspecified atom stereocenters. The minimum atomic E-state index is -4.64. The van der Waals surface area contributed by atoms with Gasteiger partial charge in [-0.05, 0) is 51.4 Å². The summed E-state index contributed by atoms with van der Waals surface area (Å²) in [6.45, 7) is 4.16. The van der Waals surface area contributed by atoms with Gasteiger partial charge in [-0.1, -0.05) is 204 Å². The van der Waals surface area contributed by atoms with Gasteiger partial charge < -0.3 is 27.9 Å². The van der Waals surface area contributed by atoms with Crippen LogP contribution in [0.2, 0.25) is 0 Å². The molecule has 9 nitrogen and oxygen atoms in total. The Balaban J connectivity index is 4.31. The van der Waals surface area contributed by atoms with E-state index < -0.39 is 32.5 Å². The lowest BCUT2D eigenvalue weighted by Crippen LogP contribution is -2.37. The summed E-state index contributed by atoms with van der Waals surface area (Å²) in [5.41, 5.74) is 0. The van der Waals surface area contributed by atoms with Gasteiger partial charge in [0.1, 0.15) is 19.8 Å². The minimum absolute atomic E-state index is 0.0391. The van der Waals surface area contributed by atoms with Gasteiger partial charge in [-0.2, -0.15) is 0 Å². The molecule has 0 fully saturated rings. The van der Waals surface area contributed by atoms with Gasteiger partial charge >= 0.3 is 11.9 Å². The van der Waals surface area contributed by atoms with Crippen molar-refractivity contribution in [3.05, 3.63) is 48.6 Å². The molecule has 362 valence electrons. The van der Waals surface area contributed by atoms with Crippen LogP contribution < -0.4 is 4.89 Å². The maximum Gasteiger partial charge on any atom is 0.306 e. The van der Waals surface area contributed by atoms with Crippen LogP contribution in [0.25, 0.3) is 0 Å². The molecule has 0 saturated carbocycles. The molecular formula is C52H96NO8P. The summed E-state index contributed by atoms with van der Waals surface area (Å²) < 4.78 is 34.0. The van der Waals surface area contributed by atoms with Crippen molar-refractivity contribution >= 4 is 19.8 Å². The summed E-state index contributed by atoms with van der Waals surface area (Å²) in [7, 11) is 1.14. The van der Waals surface area contributed by atoms with Gasteiger partial charge in [-0.15, -0.1) is 0 Å². The second kappa shape index (κ2) is 44.2. The Hall–Kier alpha value is -2.03. The van der Waals surface area contributed by atoms with Crippen molar-refractivity contribution in [1.29, 1.82) is 0 Å². The fraction of sp³-hybridized carbons (Fsp3) is 0.808. The quantitative estimate of drug-likeness (QED) is 0.0195. The number of hydrogen-bond donors (Lipinski definition) is 0. The molecule has 62 heavy (non-hydrogen) atoms.